The van der Waals surface area contributed by atoms with Gasteiger partial charge in [-0.15, -0.1) is 0 Å². The normalized spacial score (nSPS) is 21.4. The van der Waals surface area contributed by atoms with Crippen molar-refractivity contribution in [3.05, 3.63) is 72.1 Å². The highest BCUT2D eigenvalue weighted by Gasteiger charge is 2.54. The molecule has 2 amide bonds. The second kappa shape index (κ2) is 10.3. The van der Waals surface area contributed by atoms with Crippen LogP contribution in [0.5, 0.6) is 11.5 Å². The Morgan fingerprint density at radius 1 is 1.12 bits per heavy atom. The number of fused-ring (bicyclic) bond motifs is 1. The molecule has 42 heavy (non-hydrogen) atoms. The summed E-state index contributed by atoms with van der Waals surface area (Å²) in [5.74, 6) is 0.682. The molecule has 2 aliphatic rings. The Bertz CT molecular complexity index is 1660. The van der Waals surface area contributed by atoms with Gasteiger partial charge in [-0.25, -0.2) is 9.50 Å². The number of anilines is 1. The Kier molecular flexibility index (Phi) is 6.77. The Morgan fingerprint density at radius 3 is 2.62 bits per heavy atom. The van der Waals surface area contributed by atoms with Crippen LogP contribution in [0.2, 0.25) is 0 Å². The van der Waals surface area contributed by atoms with Crippen LogP contribution in [-0.4, -0.2) is 55.9 Å². The molecule has 11 nitrogen and oxygen atoms in total. The van der Waals surface area contributed by atoms with Gasteiger partial charge in [0.15, 0.2) is 0 Å². The van der Waals surface area contributed by atoms with Crippen LogP contribution in [0.1, 0.15) is 60.2 Å². The molecule has 11 heteroatoms. The van der Waals surface area contributed by atoms with Gasteiger partial charge in [0.25, 0.3) is 11.8 Å². The Morgan fingerprint density at radius 2 is 1.90 bits per heavy atom. The number of nitrogens with zero attached hydrogens (tertiary/aromatic N) is 3. The minimum Gasteiger partial charge on any atom is -0.490 e. The average molecular weight is 571 g/mol. The lowest BCUT2D eigenvalue weighted by Gasteiger charge is -2.57. The van der Waals surface area contributed by atoms with Crippen LogP contribution in [0.3, 0.4) is 0 Å². The fraction of sp³-hybridized carbons (Fsp3) is 0.355. The van der Waals surface area contributed by atoms with E-state index in [1.807, 2.05) is 12.1 Å². The summed E-state index contributed by atoms with van der Waals surface area (Å²) in [5, 5.41) is 17.3. The first-order chi connectivity index (χ1) is 20.0. The molecule has 2 aliphatic carbocycles. The first-order valence-corrected chi connectivity index (χ1v) is 13.9. The van der Waals surface area contributed by atoms with Crippen LogP contribution in [-0.2, 0) is 0 Å². The molecule has 4 aromatic rings. The van der Waals surface area contributed by atoms with Gasteiger partial charge in [-0.3, -0.25) is 9.59 Å². The number of aliphatic hydroxyl groups is 1. The van der Waals surface area contributed by atoms with Gasteiger partial charge in [-0.05, 0) is 81.3 Å². The lowest BCUT2D eigenvalue weighted by molar-refractivity contribution is -0.0834. The van der Waals surface area contributed by atoms with E-state index in [0.29, 0.717) is 39.7 Å². The minimum atomic E-state index is -0.954. The molecule has 3 heterocycles. The van der Waals surface area contributed by atoms with E-state index in [4.69, 9.17) is 20.9 Å². The highest BCUT2D eigenvalue weighted by atomic mass is 16.5. The number of nitrogens with two attached hydrogens (primary N) is 2. The highest BCUT2D eigenvalue weighted by Crippen LogP contribution is 2.57. The molecule has 1 aromatic carbocycles. The molecule has 218 valence electrons. The maximum Gasteiger partial charge on any atom is 0.255 e. The smallest absolute Gasteiger partial charge is 0.255 e. The second-order valence-corrected chi connectivity index (χ2v) is 12.1. The SMILES string of the molecule is CC(C)(O)COc1ccc2c(C(=O)NC3CC4(C3)CC(Oc3cc(-c5cccc(N)n5)ccc3C(N)=O)C4)cnn2c1. The molecule has 2 saturated carbocycles. The van der Waals surface area contributed by atoms with Gasteiger partial charge in [0, 0.05) is 11.6 Å². The van der Waals surface area contributed by atoms with E-state index >= 15 is 0 Å². The summed E-state index contributed by atoms with van der Waals surface area (Å²) in [4.78, 5) is 29.5. The van der Waals surface area contributed by atoms with Crippen molar-refractivity contribution in [2.24, 2.45) is 11.1 Å². The molecule has 0 radical (unpaired) electrons. The number of hydrogen-bond donors (Lipinski definition) is 4. The van der Waals surface area contributed by atoms with Crippen LogP contribution in [0, 0.1) is 5.41 Å². The van der Waals surface area contributed by atoms with Gasteiger partial charge in [0.2, 0.25) is 0 Å². The molecule has 0 unspecified atom stereocenters. The number of nitrogen functional groups attached to an aromatic ring is 1. The third kappa shape index (κ3) is 5.60. The summed E-state index contributed by atoms with van der Waals surface area (Å²) >= 11 is 0. The number of hydrogen-bond acceptors (Lipinski definition) is 8. The van der Waals surface area contributed by atoms with Gasteiger partial charge >= 0.3 is 0 Å². The zero-order valence-corrected chi connectivity index (χ0v) is 23.5. The molecular formula is C31H34N6O5. The number of rotatable bonds is 9. The van der Waals surface area contributed by atoms with Crippen molar-refractivity contribution in [2.75, 3.05) is 12.3 Å². The van der Waals surface area contributed by atoms with Crippen LogP contribution in [0.15, 0.2) is 60.9 Å². The van der Waals surface area contributed by atoms with Gasteiger partial charge < -0.3 is 31.4 Å². The lowest BCUT2D eigenvalue weighted by Crippen LogP contribution is -2.58. The van der Waals surface area contributed by atoms with E-state index in [9.17, 15) is 14.7 Å². The zero-order valence-electron chi connectivity index (χ0n) is 23.5. The fourth-order valence-electron chi connectivity index (χ4n) is 5.93. The quantitative estimate of drug-likeness (QED) is 0.238. The van der Waals surface area contributed by atoms with Gasteiger partial charge in [-0.1, -0.05) is 12.1 Å². The molecule has 0 saturated heterocycles. The van der Waals surface area contributed by atoms with E-state index in [1.165, 1.54) is 0 Å². The zero-order chi connectivity index (χ0) is 29.6. The van der Waals surface area contributed by atoms with E-state index in [2.05, 4.69) is 15.4 Å². The molecule has 3 aromatic heterocycles. The van der Waals surface area contributed by atoms with Crippen molar-refractivity contribution in [2.45, 2.75) is 57.3 Å². The van der Waals surface area contributed by atoms with Crippen molar-refractivity contribution in [1.29, 1.82) is 0 Å². The third-order valence-corrected chi connectivity index (χ3v) is 7.95. The Balaban J connectivity index is 1.04. The summed E-state index contributed by atoms with van der Waals surface area (Å²) in [6.07, 6.45) is 6.60. The standard InChI is InChI=1S/C31H34N6O5/c1-30(2,40)17-41-20-7-9-25-23(15-34-37(25)16-20)29(39)35-19-11-31(12-19)13-21(14-31)42-26-10-18(6-8-22(26)28(33)38)24-4-3-5-27(32)36-24/h3-10,15-16,19,21,40H,11-14,17H2,1-2H3,(H2,32,36)(H2,33,38)(H,35,39). The maximum absolute atomic E-state index is 13.0. The van der Waals surface area contributed by atoms with Crippen LogP contribution >= 0.6 is 0 Å². The molecule has 0 atom stereocenters. The Labute approximate surface area is 242 Å². The van der Waals surface area contributed by atoms with Crippen LogP contribution < -0.4 is 26.3 Å². The number of pyridine rings is 2. The molecule has 0 bridgehead atoms. The molecule has 6 N–H and O–H groups in total. The van der Waals surface area contributed by atoms with Crippen molar-refractivity contribution in [1.82, 2.24) is 19.9 Å². The maximum atomic E-state index is 13.0. The summed E-state index contributed by atoms with van der Waals surface area (Å²) in [5.41, 5.74) is 13.6. The van der Waals surface area contributed by atoms with Crippen molar-refractivity contribution in [3.63, 3.8) is 0 Å². The third-order valence-electron chi connectivity index (χ3n) is 7.95. The van der Waals surface area contributed by atoms with Crippen molar-refractivity contribution in [3.8, 4) is 22.8 Å². The van der Waals surface area contributed by atoms with E-state index < -0.39 is 11.5 Å². The predicted molar refractivity (Wildman–Crippen MR) is 156 cm³/mol. The largest absolute Gasteiger partial charge is 0.490 e. The first-order valence-electron chi connectivity index (χ1n) is 13.9. The Hall–Kier alpha value is -4.64. The number of aromatic nitrogens is 3. The van der Waals surface area contributed by atoms with Crippen molar-refractivity contribution >= 4 is 23.1 Å². The van der Waals surface area contributed by atoms with Crippen LogP contribution in [0.4, 0.5) is 5.82 Å². The number of ether oxygens (including phenoxy) is 2. The molecule has 0 aliphatic heterocycles. The topological polar surface area (TPSA) is 167 Å². The molecule has 1 spiro atoms. The minimum absolute atomic E-state index is 0.0451. The lowest BCUT2D eigenvalue weighted by atomic mass is 9.53. The average Bonchev–Trinajstić information content (AvgIpc) is 3.32. The molecule has 6 rings (SSSR count). The first kappa shape index (κ1) is 27.5. The van der Waals surface area contributed by atoms with Gasteiger partial charge in [0.05, 0.1) is 46.4 Å². The summed E-state index contributed by atoms with van der Waals surface area (Å²) < 4.78 is 13.5. The molecular weight excluding hydrogens is 536 g/mol. The highest BCUT2D eigenvalue weighted by molar-refractivity contribution is 6.00. The summed E-state index contributed by atoms with van der Waals surface area (Å²) in [6, 6.07) is 14.2. The fourth-order valence-corrected chi connectivity index (χ4v) is 5.93. The van der Waals surface area contributed by atoms with E-state index in [-0.39, 0.29) is 30.1 Å². The number of benzene rings is 1. The van der Waals surface area contributed by atoms with Crippen LogP contribution in [0.25, 0.3) is 16.8 Å². The summed E-state index contributed by atoms with van der Waals surface area (Å²) in [7, 11) is 0. The van der Waals surface area contributed by atoms with Gasteiger partial charge in [-0.2, -0.15) is 5.10 Å². The predicted octanol–water partition coefficient (Wildman–Crippen LogP) is 3.35. The monoisotopic (exact) mass is 570 g/mol. The van der Waals surface area contributed by atoms with E-state index in [1.54, 1.807) is 67.2 Å². The number of amides is 2. The van der Waals surface area contributed by atoms with E-state index in [0.717, 1.165) is 31.2 Å². The second-order valence-electron chi connectivity index (χ2n) is 12.1. The summed E-state index contributed by atoms with van der Waals surface area (Å²) in [6.45, 7) is 3.48. The number of nitrogens with one attached hydrogen (secondary N) is 1. The number of carbonyl (C=O) groups is 2. The van der Waals surface area contributed by atoms with Gasteiger partial charge in [0.1, 0.15) is 23.9 Å². The number of primary amides is 1. The number of carbonyl (C=O) groups excluding carboxylic acids is 2. The molecule has 2 fully saturated rings. The van der Waals surface area contributed by atoms with Crippen molar-refractivity contribution < 1.29 is 24.2 Å².